The topological polar surface area (TPSA) is 38.2 Å². The molecule has 0 amide bonds. The number of ether oxygens (including phenoxy) is 1. The Kier molecular flexibility index (Phi) is 5.07. The van der Waals surface area contributed by atoms with Crippen LogP contribution in [0.2, 0.25) is 0 Å². The van der Waals surface area contributed by atoms with Crippen LogP contribution in [0.15, 0.2) is 35.8 Å². The number of aromatic nitrogens is 2. The Bertz CT molecular complexity index is 828. The maximum Gasteiger partial charge on any atom is 0.133 e. The van der Waals surface area contributed by atoms with E-state index in [2.05, 4.69) is 62.1 Å². The van der Waals surface area contributed by atoms with E-state index < -0.39 is 0 Å². The van der Waals surface area contributed by atoms with Gasteiger partial charge in [-0.15, -0.1) is 11.3 Å². The normalized spacial score (nSPS) is 15.9. The van der Waals surface area contributed by atoms with E-state index in [1.54, 1.807) is 11.3 Å². The van der Waals surface area contributed by atoms with Crippen LogP contribution < -0.4 is 0 Å². The summed E-state index contributed by atoms with van der Waals surface area (Å²) in [6.45, 7) is 4.74. The monoisotopic (exact) mass is 451 g/mol. The third-order valence-corrected chi connectivity index (χ3v) is 6.37. The summed E-state index contributed by atoms with van der Waals surface area (Å²) >= 11 is 4.04. The maximum atomic E-state index is 5.40. The third kappa shape index (κ3) is 3.77. The lowest BCUT2D eigenvalue weighted by Gasteiger charge is -2.26. The SMILES string of the molecule is Ic1csc2cnc(Cc3ccc(CN4CCOCC4)cc3)nc12. The number of benzene rings is 1. The predicted molar refractivity (Wildman–Crippen MR) is 105 cm³/mol. The molecule has 0 bridgehead atoms. The molecule has 1 aliphatic rings. The molecule has 3 aromatic rings. The van der Waals surface area contributed by atoms with Crippen LogP contribution in [0.4, 0.5) is 0 Å². The summed E-state index contributed by atoms with van der Waals surface area (Å²) in [5.41, 5.74) is 3.68. The van der Waals surface area contributed by atoms with Gasteiger partial charge in [0.1, 0.15) is 5.82 Å². The summed E-state index contributed by atoms with van der Waals surface area (Å²) in [6.07, 6.45) is 2.72. The zero-order chi connectivity index (χ0) is 16.4. The molecule has 4 nitrogen and oxygen atoms in total. The minimum atomic E-state index is 0.777. The van der Waals surface area contributed by atoms with Gasteiger partial charge >= 0.3 is 0 Å². The lowest BCUT2D eigenvalue weighted by atomic mass is 10.1. The Balaban J connectivity index is 1.44. The van der Waals surface area contributed by atoms with Crippen LogP contribution in [-0.4, -0.2) is 41.2 Å². The maximum absolute atomic E-state index is 5.40. The lowest BCUT2D eigenvalue weighted by molar-refractivity contribution is 0.0342. The molecule has 124 valence electrons. The summed E-state index contributed by atoms with van der Waals surface area (Å²) in [7, 11) is 0. The molecule has 2 aromatic heterocycles. The number of halogens is 1. The smallest absolute Gasteiger partial charge is 0.133 e. The van der Waals surface area contributed by atoms with E-state index in [-0.39, 0.29) is 0 Å². The Morgan fingerprint density at radius 3 is 2.67 bits per heavy atom. The second-order valence-corrected chi connectivity index (χ2v) is 8.04. The van der Waals surface area contributed by atoms with Crippen molar-refractivity contribution >= 4 is 44.1 Å². The first-order valence-corrected chi connectivity index (χ1v) is 10.0. The molecule has 1 saturated heterocycles. The van der Waals surface area contributed by atoms with Crippen molar-refractivity contribution in [3.8, 4) is 0 Å². The Hall–Kier alpha value is -1.09. The molecule has 0 N–H and O–H groups in total. The first-order chi connectivity index (χ1) is 11.8. The summed E-state index contributed by atoms with van der Waals surface area (Å²) in [6, 6.07) is 8.83. The Morgan fingerprint density at radius 1 is 1.12 bits per heavy atom. The lowest BCUT2D eigenvalue weighted by Crippen LogP contribution is -2.35. The molecule has 0 saturated carbocycles. The van der Waals surface area contributed by atoms with Crippen molar-refractivity contribution in [3.05, 3.63) is 56.4 Å². The molecule has 0 atom stereocenters. The van der Waals surface area contributed by atoms with Crippen LogP contribution in [0.3, 0.4) is 0 Å². The molecule has 4 rings (SSSR count). The van der Waals surface area contributed by atoms with Gasteiger partial charge in [0.2, 0.25) is 0 Å². The second-order valence-electron chi connectivity index (χ2n) is 5.96. The van der Waals surface area contributed by atoms with Gasteiger partial charge in [-0.3, -0.25) is 4.90 Å². The molecular formula is C18H18IN3OS. The van der Waals surface area contributed by atoms with Gasteiger partial charge in [-0.25, -0.2) is 9.97 Å². The van der Waals surface area contributed by atoms with Crippen LogP contribution in [0.5, 0.6) is 0 Å². The molecule has 0 spiro atoms. The quantitative estimate of drug-likeness (QED) is 0.567. The van der Waals surface area contributed by atoms with Gasteiger partial charge in [-0.2, -0.15) is 0 Å². The van der Waals surface area contributed by atoms with Gasteiger partial charge in [0.15, 0.2) is 0 Å². The van der Waals surface area contributed by atoms with Gasteiger partial charge in [0, 0.05) is 37.6 Å². The summed E-state index contributed by atoms with van der Waals surface area (Å²) in [4.78, 5) is 11.7. The van der Waals surface area contributed by atoms with E-state index in [4.69, 9.17) is 9.72 Å². The van der Waals surface area contributed by atoms with E-state index in [9.17, 15) is 0 Å². The average molecular weight is 451 g/mol. The fourth-order valence-corrected chi connectivity index (χ4v) is 4.58. The average Bonchev–Trinajstić information content (AvgIpc) is 2.98. The highest BCUT2D eigenvalue weighted by Gasteiger charge is 2.11. The molecule has 0 radical (unpaired) electrons. The molecular weight excluding hydrogens is 433 g/mol. The number of rotatable bonds is 4. The molecule has 6 heteroatoms. The number of morpholine rings is 1. The van der Waals surface area contributed by atoms with E-state index in [0.29, 0.717) is 0 Å². The van der Waals surface area contributed by atoms with Crippen molar-refractivity contribution in [2.24, 2.45) is 0 Å². The van der Waals surface area contributed by atoms with Crippen molar-refractivity contribution in [2.75, 3.05) is 26.3 Å². The van der Waals surface area contributed by atoms with Crippen LogP contribution >= 0.6 is 33.9 Å². The molecule has 1 fully saturated rings. The number of hydrogen-bond donors (Lipinski definition) is 0. The van der Waals surface area contributed by atoms with E-state index in [1.807, 2.05) is 6.20 Å². The number of thiophene rings is 1. The second kappa shape index (κ2) is 7.43. The standard InChI is InChI=1S/C18H18IN3OS/c19-15-12-24-16-10-20-17(21-18(15)16)9-13-1-3-14(4-2-13)11-22-5-7-23-8-6-22/h1-4,10,12H,5-9,11H2. The Morgan fingerprint density at radius 2 is 1.88 bits per heavy atom. The number of hydrogen-bond acceptors (Lipinski definition) is 5. The van der Waals surface area contributed by atoms with Crippen LogP contribution in [0, 0.1) is 3.57 Å². The summed E-state index contributed by atoms with van der Waals surface area (Å²) in [5.74, 6) is 0.889. The minimum absolute atomic E-state index is 0.777. The van der Waals surface area contributed by atoms with Gasteiger partial charge < -0.3 is 4.74 Å². The zero-order valence-corrected chi connectivity index (χ0v) is 16.2. The van der Waals surface area contributed by atoms with Gasteiger partial charge in [-0.1, -0.05) is 24.3 Å². The molecule has 0 unspecified atom stereocenters. The highest BCUT2D eigenvalue weighted by molar-refractivity contribution is 14.1. The van der Waals surface area contributed by atoms with Gasteiger partial charge in [0.05, 0.1) is 27.0 Å². The third-order valence-electron chi connectivity index (χ3n) is 4.22. The summed E-state index contributed by atoms with van der Waals surface area (Å²) < 4.78 is 7.76. The van der Waals surface area contributed by atoms with Crippen LogP contribution in [0.25, 0.3) is 10.2 Å². The predicted octanol–water partition coefficient (Wildman–Crippen LogP) is 3.72. The van der Waals surface area contributed by atoms with Crippen molar-refractivity contribution in [2.45, 2.75) is 13.0 Å². The van der Waals surface area contributed by atoms with E-state index >= 15 is 0 Å². The fraction of sp³-hybridized carbons (Fsp3) is 0.333. The minimum Gasteiger partial charge on any atom is -0.379 e. The molecule has 0 aliphatic carbocycles. The van der Waals surface area contributed by atoms with Gasteiger partial charge in [0.25, 0.3) is 0 Å². The number of fused-ring (bicyclic) bond motifs is 1. The van der Waals surface area contributed by atoms with Crippen LogP contribution in [0.1, 0.15) is 17.0 Å². The molecule has 24 heavy (non-hydrogen) atoms. The zero-order valence-electron chi connectivity index (χ0n) is 13.2. The van der Waals surface area contributed by atoms with Crippen molar-refractivity contribution in [1.29, 1.82) is 0 Å². The number of nitrogens with zero attached hydrogens (tertiary/aromatic N) is 3. The van der Waals surface area contributed by atoms with Gasteiger partial charge in [-0.05, 0) is 33.7 Å². The van der Waals surface area contributed by atoms with E-state index in [1.165, 1.54) is 14.7 Å². The highest BCUT2D eigenvalue weighted by Crippen LogP contribution is 2.25. The first-order valence-electron chi connectivity index (χ1n) is 8.04. The van der Waals surface area contributed by atoms with E-state index in [0.717, 1.165) is 55.3 Å². The van der Waals surface area contributed by atoms with Crippen molar-refractivity contribution in [3.63, 3.8) is 0 Å². The molecule has 3 heterocycles. The van der Waals surface area contributed by atoms with Crippen LogP contribution in [-0.2, 0) is 17.7 Å². The first kappa shape index (κ1) is 16.4. The fourth-order valence-electron chi connectivity index (χ4n) is 2.88. The van der Waals surface area contributed by atoms with Crippen molar-refractivity contribution in [1.82, 2.24) is 14.9 Å². The molecule has 1 aliphatic heterocycles. The molecule has 1 aromatic carbocycles. The largest absolute Gasteiger partial charge is 0.379 e. The summed E-state index contributed by atoms with van der Waals surface area (Å²) in [5, 5.41) is 2.13. The Labute approximate surface area is 159 Å². The van der Waals surface area contributed by atoms with Crippen molar-refractivity contribution < 1.29 is 4.74 Å². The highest BCUT2D eigenvalue weighted by atomic mass is 127.